The van der Waals surface area contributed by atoms with Gasteiger partial charge in [-0.05, 0) is 30.9 Å². The first-order valence-electron chi connectivity index (χ1n) is 7.36. The second kappa shape index (κ2) is 6.38. The van der Waals surface area contributed by atoms with Crippen LogP contribution >= 0.6 is 23.5 Å². The maximum Gasteiger partial charge on any atom is 0.0625 e. The van der Waals surface area contributed by atoms with Crippen LogP contribution < -0.4 is 0 Å². The summed E-state index contributed by atoms with van der Waals surface area (Å²) in [6.45, 7) is 0. The molecule has 1 aromatic carbocycles. The normalized spacial score (nSPS) is 23.1. The van der Waals surface area contributed by atoms with E-state index in [4.69, 9.17) is 0 Å². The zero-order chi connectivity index (χ0) is 12.2. The van der Waals surface area contributed by atoms with Crippen LogP contribution in [0.5, 0.6) is 0 Å². The van der Waals surface area contributed by atoms with Gasteiger partial charge in [0.15, 0.2) is 0 Å². The fourth-order valence-corrected chi connectivity index (χ4v) is 6.26. The number of rotatable bonds is 1. The van der Waals surface area contributed by atoms with Crippen LogP contribution in [0.2, 0.25) is 0 Å². The van der Waals surface area contributed by atoms with Crippen molar-refractivity contribution in [3.8, 4) is 0 Å². The van der Waals surface area contributed by atoms with E-state index < -0.39 is 0 Å². The Morgan fingerprint density at radius 1 is 0.722 bits per heavy atom. The lowest BCUT2D eigenvalue weighted by atomic mass is 9.99. The fourth-order valence-electron chi connectivity index (χ4n) is 3.05. The zero-order valence-corrected chi connectivity index (χ0v) is 12.6. The van der Waals surface area contributed by atoms with Gasteiger partial charge in [0.25, 0.3) is 0 Å². The number of hydrogen-bond acceptors (Lipinski definition) is 2. The van der Waals surface area contributed by atoms with Crippen molar-refractivity contribution < 1.29 is 0 Å². The van der Waals surface area contributed by atoms with E-state index in [0.29, 0.717) is 0 Å². The lowest BCUT2D eigenvalue weighted by Crippen LogP contribution is -2.11. The Morgan fingerprint density at radius 2 is 1.22 bits per heavy atom. The van der Waals surface area contributed by atoms with E-state index in [-0.39, 0.29) is 0 Å². The summed E-state index contributed by atoms with van der Waals surface area (Å²) in [5, 5.41) is 0. The van der Waals surface area contributed by atoms with E-state index in [1.807, 2.05) is 0 Å². The van der Waals surface area contributed by atoms with Crippen LogP contribution in [0.15, 0.2) is 34.1 Å². The van der Waals surface area contributed by atoms with Gasteiger partial charge in [0, 0.05) is 9.79 Å². The van der Waals surface area contributed by atoms with Crippen LogP contribution in [-0.4, -0.2) is 4.58 Å². The second-order valence-electron chi connectivity index (χ2n) is 5.51. The van der Waals surface area contributed by atoms with Crippen LogP contribution in [0.4, 0.5) is 0 Å². The summed E-state index contributed by atoms with van der Waals surface area (Å²) >= 11 is 4.26. The molecule has 2 heteroatoms. The molecule has 3 rings (SSSR count). The Balaban J connectivity index is 1.64. The van der Waals surface area contributed by atoms with E-state index in [2.05, 4.69) is 47.8 Å². The van der Waals surface area contributed by atoms with Gasteiger partial charge < -0.3 is 0 Å². The lowest BCUT2D eigenvalue weighted by Gasteiger charge is -2.21. The fraction of sp³-hybridized carbons (Fsp3) is 0.625. The number of benzene rings is 1. The van der Waals surface area contributed by atoms with Crippen molar-refractivity contribution in [1.29, 1.82) is 0 Å². The van der Waals surface area contributed by atoms with Gasteiger partial charge in [0.2, 0.25) is 0 Å². The highest BCUT2D eigenvalue weighted by Gasteiger charge is 2.29. The van der Waals surface area contributed by atoms with Crippen LogP contribution in [0.25, 0.3) is 0 Å². The highest BCUT2D eigenvalue weighted by Crippen LogP contribution is 2.52. The Labute approximate surface area is 119 Å². The molecule has 0 amide bonds. The third kappa shape index (κ3) is 3.08. The molecule has 0 aromatic heterocycles. The molecule has 1 aliphatic heterocycles. The summed E-state index contributed by atoms with van der Waals surface area (Å²) in [4.78, 5) is 3.04. The van der Waals surface area contributed by atoms with Gasteiger partial charge in [-0.25, -0.2) is 0 Å². The van der Waals surface area contributed by atoms with Crippen molar-refractivity contribution >= 4 is 23.5 Å². The van der Waals surface area contributed by atoms with Crippen LogP contribution in [0.1, 0.15) is 51.4 Å². The summed E-state index contributed by atoms with van der Waals surface area (Å²) in [7, 11) is 0. The maximum absolute atomic E-state index is 2.29. The van der Waals surface area contributed by atoms with Crippen LogP contribution in [0.3, 0.4) is 0 Å². The van der Waals surface area contributed by atoms with Gasteiger partial charge >= 0.3 is 0 Å². The van der Waals surface area contributed by atoms with Crippen molar-refractivity contribution in [2.45, 2.75) is 65.7 Å². The molecule has 0 atom stereocenters. The number of hydrogen-bond donors (Lipinski definition) is 0. The van der Waals surface area contributed by atoms with E-state index >= 15 is 0 Å². The molecule has 18 heavy (non-hydrogen) atoms. The largest absolute Gasteiger partial charge is 0.110 e. The highest BCUT2D eigenvalue weighted by molar-refractivity contribution is 8.19. The molecule has 98 valence electrons. The molecule has 1 fully saturated rings. The van der Waals surface area contributed by atoms with Gasteiger partial charge in [-0.3, -0.25) is 0 Å². The molecular formula is C16H22S2. The summed E-state index contributed by atoms with van der Waals surface area (Å²) in [6, 6.07) is 8.94. The van der Waals surface area contributed by atoms with Gasteiger partial charge in [0.1, 0.15) is 0 Å². The number of fused-ring (bicyclic) bond motifs is 1. The summed E-state index contributed by atoms with van der Waals surface area (Å²) in [5.74, 6) is 0.936. The molecule has 1 saturated carbocycles. The smallest absolute Gasteiger partial charge is 0.0625 e. The van der Waals surface area contributed by atoms with Gasteiger partial charge in [0.05, 0.1) is 4.58 Å². The molecular weight excluding hydrogens is 256 g/mol. The molecule has 0 saturated heterocycles. The summed E-state index contributed by atoms with van der Waals surface area (Å²) in [6.07, 6.45) is 11.7. The summed E-state index contributed by atoms with van der Waals surface area (Å²) in [5.41, 5.74) is 0. The van der Waals surface area contributed by atoms with Crippen molar-refractivity contribution in [2.75, 3.05) is 0 Å². The van der Waals surface area contributed by atoms with Crippen molar-refractivity contribution in [3.63, 3.8) is 0 Å². The average molecular weight is 278 g/mol. The average Bonchev–Trinajstić information content (AvgIpc) is 2.87. The molecule has 2 aliphatic rings. The number of thioether (sulfide) groups is 2. The molecule has 0 spiro atoms. The van der Waals surface area contributed by atoms with Crippen LogP contribution in [0, 0.1) is 5.92 Å². The maximum atomic E-state index is 2.29. The molecule has 0 bridgehead atoms. The molecule has 0 N–H and O–H groups in total. The monoisotopic (exact) mass is 278 g/mol. The molecule has 0 unspecified atom stereocenters. The first-order chi connectivity index (χ1) is 8.93. The SMILES string of the molecule is c1ccc2c(c1)SC(C1CCCCCCCC1)S2. The quantitative estimate of drug-likeness (QED) is 0.621. The highest BCUT2D eigenvalue weighted by atomic mass is 32.2. The van der Waals surface area contributed by atoms with Crippen molar-refractivity contribution in [3.05, 3.63) is 24.3 Å². The van der Waals surface area contributed by atoms with E-state index in [1.165, 1.54) is 61.2 Å². The van der Waals surface area contributed by atoms with Gasteiger partial charge in [-0.15, -0.1) is 23.5 Å². The minimum atomic E-state index is 0.792. The summed E-state index contributed by atoms with van der Waals surface area (Å²) < 4.78 is 0.792. The predicted molar refractivity (Wildman–Crippen MR) is 82.4 cm³/mol. The predicted octanol–water partition coefficient (Wildman–Crippen LogP) is 5.96. The molecule has 1 aromatic rings. The Morgan fingerprint density at radius 3 is 1.78 bits per heavy atom. The van der Waals surface area contributed by atoms with Crippen molar-refractivity contribution in [2.24, 2.45) is 5.92 Å². The Bertz CT molecular complexity index is 353. The minimum absolute atomic E-state index is 0.792. The van der Waals surface area contributed by atoms with E-state index in [0.717, 1.165) is 10.5 Å². The molecule has 0 nitrogen and oxygen atoms in total. The molecule has 1 heterocycles. The Hall–Kier alpha value is -0.0800. The van der Waals surface area contributed by atoms with Gasteiger partial charge in [-0.1, -0.05) is 50.7 Å². The van der Waals surface area contributed by atoms with Crippen molar-refractivity contribution in [1.82, 2.24) is 0 Å². The third-order valence-corrected chi connectivity index (χ3v) is 7.28. The van der Waals surface area contributed by atoms with Gasteiger partial charge in [-0.2, -0.15) is 0 Å². The molecule has 1 aliphatic carbocycles. The zero-order valence-electron chi connectivity index (χ0n) is 10.9. The molecule has 0 radical (unpaired) electrons. The third-order valence-electron chi connectivity index (χ3n) is 4.12. The first-order valence-corrected chi connectivity index (χ1v) is 9.12. The van der Waals surface area contributed by atoms with E-state index in [9.17, 15) is 0 Å². The van der Waals surface area contributed by atoms with E-state index in [1.54, 1.807) is 0 Å². The standard InChI is InChI=1S/C16H22S2/c1-2-4-6-10-13(9-5-3-1)16-17-14-11-7-8-12-15(14)18-16/h7-8,11-13,16H,1-6,9-10H2. The van der Waals surface area contributed by atoms with Crippen LogP contribution in [-0.2, 0) is 0 Å². The lowest BCUT2D eigenvalue weighted by molar-refractivity contribution is 0.459. The second-order valence-corrected chi connectivity index (χ2v) is 8.17. The minimum Gasteiger partial charge on any atom is -0.110 e. The first kappa shape index (κ1) is 12.9. The Kier molecular flexibility index (Phi) is 4.58. The topological polar surface area (TPSA) is 0 Å².